The minimum atomic E-state index is -0.791. The van der Waals surface area contributed by atoms with Crippen LogP contribution in [-0.2, 0) is 16.0 Å². The van der Waals surface area contributed by atoms with Crippen LogP contribution in [0.15, 0.2) is 60.2 Å². The summed E-state index contributed by atoms with van der Waals surface area (Å²) in [6.45, 7) is 5.99. The number of aryl methyl sites for hydroxylation is 3. The highest BCUT2D eigenvalue weighted by atomic mass is 35.5. The number of halogens is 1. The SMILES string of the molecule is COc1cc(/C=C2\C(=O)NC(=O)N(c3ccc(C)cc3)C2=O)cc(Cl)c1Cc1cc(C)cc(C)c1. The number of amides is 4. The van der Waals surface area contributed by atoms with E-state index in [0.717, 1.165) is 32.7 Å². The van der Waals surface area contributed by atoms with Crippen LogP contribution in [0.5, 0.6) is 5.75 Å². The first-order valence-electron chi connectivity index (χ1n) is 11.1. The fourth-order valence-electron chi connectivity index (χ4n) is 4.20. The van der Waals surface area contributed by atoms with E-state index in [1.54, 1.807) is 43.5 Å². The molecule has 0 spiro atoms. The van der Waals surface area contributed by atoms with Gasteiger partial charge in [-0.25, -0.2) is 9.69 Å². The molecule has 3 aromatic carbocycles. The quantitative estimate of drug-likeness (QED) is 0.378. The molecule has 1 heterocycles. The van der Waals surface area contributed by atoms with E-state index < -0.39 is 17.8 Å². The Morgan fingerprint density at radius 1 is 0.914 bits per heavy atom. The van der Waals surface area contributed by atoms with Gasteiger partial charge >= 0.3 is 6.03 Å². The van der Waals surface area contributed by atoms with Crippen molar-refractivity contribution >= 4 is 41.2 Å². The second kappa shape index (κ2) is 9.76. The molecule has 7 heteroatoms. The summed E-state index contributed by atoms with van der Waals surface area (Å²) in [5.74, 6) is -0.937. The van der Waals surface area contributed by atoms with Crippen molar-refractivity contribution in [3.05, 3.63) is 98.6 Å². The van der Waals surface area contributed by atoms with Gasteiger partial charge in [0.25, 0.3) is 11.8 Å². The van der Waals surface area contributed by atoms with E-state index in [4.69, 9.17) is 16.3 Å². The number of anilines is 1. The maximum atomic E-state index is 13.2. The van der Waals surface area contributed by atoms with E-state index in [2.05, 4.69) is 23.5 Å². The minimum Gasteiger partial charge on any atom is -0.496 e. The zero-order valence-corrected chi connectivity index (χ0v) is 20.7. The molecule has 0 saturated carbocycles. The average Bonchev–Trinajstić information content (AvgIpc) is 2.78. The lowest BCUT2D eigenvalue weighted by atomic mass is 9.98. The van der Waals surface area contributed by atoms with E-state index >= 15 is 0 Å². The van der Waals surface area contributed by atoms with E-state index in [1.807, 2.05) is 20.8 Å². The van der Waals surface area contributed by atoms with Crippen LogP contribution in [0.25, 0.3) is 6.08 Å². The molecule has 6 nitrogen and oxygen atoms in total. The van der Waals surface area contributed by atoms with Gasteiger partial charge in [0.05, 0.1) is 12.8 Å². The van der Waals surface area contributed by atoms with Crippen molar-refractivity contribution in [1.29, 1.82) is 0 Å². The maximum absolute atomic E-state index is 13.2. The number of nitrogens with one attached hydrogen (secondary N) is 1. The zero-order chi connectivity index (χ0) is 25.3. The lowest BCUT2D eigenvalue weighted by molar-refractivity contribution is -0.122. The third-order valence-electron chi connectivity index (χ3n) is 5.76. The summed E-state index contributed by atoms with van der Waals surface area (Å²) in [4.78, 5) is 39.1. The number of methoxy groups -OCH3 is 1. The molecule has 0 aliphatic carbocycles. The second-order valence-electron chi connectivity index (χ2n) is 8.65. The molecule has 0 bridgehead atoms. The largest absolute Gasteiger partial charge is 0.496 e. The first-order chi connectivity index (χ1) is 16.7. The summed E-state index contributed by atoms with van der Waals surface area (Å²) >= 11 is 6.64. The predicted octanol–water partition coefficient (Wildman–Crippen LogP) is 5.53. The number of urea groups is 1. The Morgan fingerprint density at radius 3 is 2.20 bits per heavy atom. The Labute approximate surface area is 209 Å². The standard InChI is InChI=1S/C28H25ClN2O4/c1-16-5-7-21(8-6-16)31-27(33)23(26(32)30-28(31)34)13-20-14-24(29)22(25(15-20)35-4)12-19-10-17(2)9-18(3)11-19/h5-11,13-15H,12H2,1-4H3,(H,30,32,34)/b23-13+. The van der Waals surface area contributed by atoms with Gasteiger partial charge in [-0.3, -0.25) is 14.9 Å². The summed E-state index contributed by atoms with van der Waals surface area (Å²) in [6.07, 6.45) is 1.98. The van der Waals surface area contributed by atoms with Crippen LogP contribution >= 0.6 is 11.6 Å². The molecule has 1 aliphatic heterocycles. The van der Waals surface area contributed by atoms with Gasteiger partial charge in [-0.1, -0.05) is 58.6 Å². The number of nitrogens with zero attached hydrogens (tertiary/aromatic N) is 1. The molecular formula is C28H25ClN2O4. The highest BCUT2D eigenvalue weighted by molar-refractivity contribution is 6.39. The molecule has 3 aromatic rings. The van der Waals surface area contributed by atoms with E-state index in [0.29, 0.717) is 28.4 Å². The van der Waals surface area contributed by atoms with Crippen molar-refractivity contribution in [2.75, 3.05) is 12.0 Å². The summed E-state index contributed by atoms with van der Waals surface area (Å²) in [5, 5.41) is 2.69. The molecule has 1 aliphatic rings. The van der Waals surface area contributed by atoms with Crippen LogP contribution in [0.2, 0.25) is 5.02 Å². The molecule has 178 valence electrons. The third-order valence-corrected chi connectivity index (χ3v) is 6.10. The van der Waals surface area contributed by atoms with Gasteiger partial charge in [0.1, 0.15) is 11.3 Å². The van der Waals surface area contributed by atoms with Crippen LogP contribution in [0, 0.1) is 20.8 Å². The molecule has 1 fully saturated rings. The number of carbonyl (C=O) groups excluding carboxylic acids is 3. The number of benzene rings is 3. The molecule has 0 atom stereocenters. The predicted molar refractivity (Wildman–Crippen MR) is 137 cm³/mol. The van der Waals surface area contributed by atoms with Crippen molar-refractivity contribution < 1.29 is 19.1 Å². The zero-order valence-electron chi connectivity index (χ0n) is 19.9. The van der Waals surface area contributed by atoms with Gasteiger partial charge in [0.15, 0.2) is 0 Å². The number of imide groups is 2. The van der Waals surface area contributed by atoms with E-state index in [1.165, 1.54) is 6.08 Å². The number of ether oxygens (including phenoxy) is 1. The Morgan fingerprint density at radius 2 is 1.57 bits per heavy atom. The number of rotatable bonds is 5. The highest BCUT2D eigenvalue weighted by Gasteiger charge is 2.36. The van der Waals surface area contributed by atoms with Crippen molar-refractivity contribution in [2.45, 2.75) is 27.2 Å². The van der Waals surface area contributed by atoms with Crippen LogP contribution in [0.3, 0.4) is 0 Å². The smallest absolute Gasteiger partial charge is 0.335 e. The van der Waals surface area contributed by atoms with Gasteiger partial charge in [0, 0.05) is 17.0 Å². The van der Waals surface area contributed by atoms with Crippen LogP contribution in [-0.4, -0.2) is 25.0 Å². The van der Waals surface area contributed by atoms with Crippen molar-refractivity contribution in [3.63, 3.8) is 0 Å². The van der Waals surface area contributed by atoms with Gasteiger partial charge in [-0.2, -0.15) is 0 Å². The number of hydrogen-bond acceptors (Lipinski definition) is 4. The fraction of sp³-hybridized carbons (Fsp3) is 0.179. The number of carbonyl (C=O) groups is 3. The Bertz CT molecular complexity index is 1360. The van der Waals surface area contributed by atoms with Gasteiger partial charge in [-0.15, -0.1) is 0 Å². The number of barbiturate groups is 1. The lowest BCUT2D eigenvalue weighted by Crippen LogP contribution is -2.54. The fourth-order valence-corrected chi connectivity index (χ4v) is 4.48. The molecule has 4 rings (SSSR count). The lowest BCUT2D eigenvalue weighted by Gasteiger charge is -2.26. The van der Waals surface area contributed by atoms with Crippen molar-refractivity contribution in [1.82, 2.24) is 5.32 Å². The minimum absolute atomic E-state index is 0.176. The summed E-state index contributed by atoms with van der Waals surface area (Å²) in [7, 11) is 1.55. The first kappa shape index (κ1) is 24.2. The summed E-state index contributed by atoms with van der Waals surface area (Å²) in [6, 6.07) is 15.8. The summed E-state index contributed by atoms with van der Waals surface area (Å²) < 4.78 is 5.60. The van der Waals surface area contributed by atoms with Crippen LogP contribution in [0.4, 0.5) is 10.5 Å². The van der Waals surface area contributed by atoms with E-state index in [9.17, 15) is 14.4 Å². The second-order valence-corrected chi connectivity index (χ2v) is 9.06. The van der Waals surface area contributed by atoms with Crippen molar-refractivity contribution in [3.8, 4) is 5.75 Å². The van der Waals surface area contributed by atoms with Crippen molar-refractivity contribution in [2.24, 2.45) is 0 Å². The first-order valence-corrected chi connectivity index (χ1v) is 11.5. The molecule has 0 aromatic heterocycles. The van der Waals surface area contributed by atoms with Gasteiger partial charge in [-0.05, 0) is 62.2 Å². The third kappa shape index (κ3) is 5.12. The molecule has 4 amide bonds. The molecule has 0 unspecified atom stereocenters. The Balaban J connectivity index is 1.70. The van der Waals surface area contributed by atoms with Gasteiger partial charge in [0.2, 0.25) is 0 Å². The molecule has 1 N–H and O–H groups in total. The van der Waals surface area contributed by atoms with E-state index in [-0.39, 0.29) is 5.57 Å². The maximum Gasteiger partial charge on any atom is 0.335 e. The molecule has 0 radical (unpaired) electrons. The Kier molecular flexibility index (Phi) is 6.76. The molecule has 35 heavy (non-hydrogen) atoms. The Hall–Kier alpha value is -3.90. The highest BCUT2D eigenvalue weighted by Crippen LogP contribution is 2.33. The monoisotopic (exact) mass is 488 g/mol. The average molecular weight is 489 g/mol. The van der Waals surface area contributed by atoms with Crippen LogP contribution < -0.4 is 15.0 Å². The van der Waals surface area contributed by atoms with Crippen LogP contribution in [0.1, 0.15) is 33.4 Å². The molecular weight excluding hydrogens is 464 g/mol. The number of hydrogen-bond donors (Lipinski definition) is 1. The van der Waals surface area contributed by atoms with Gasteiger partial charge < -0.3 is 4.74 Å². The normalized spacial score (nSPS) is 14.9. The summed E-state index contributed by atoms with van der Waals surface area (Å²) in [5.41, 5.74) is 5.90. The molecule has 1 saturated heterocycles. The topological polar surface area (TPSA) is 75.7 Å².